The lowest BCUT2D eigenvalue weighted by Gasteiger charge is -2.21. The van der Waals surface area contributed by atoms with Gasteiger partial charge in [0.05, 0.1) is 12.7 Å². The van der Waals surface area contributed by atoms with E-state index in [4.69, 9.17) is 0 Å². The van der Waals surface area contributed by atoms with Crippen molar-refractivity contribution in [3.63, 3.8) is 0 Å². The van der Waals surface area contributed by atoms with Crippen molar-refractivity contribution in [3.8, 4) is 0 Å². The Labute approximate surface area is 145 Å². The lowest BCUT2D eigenvalue weighted by Crippen LogP contribution is -2.34. The smallest absolute Gasteiger partial charge is 0.277 e. The molecule has 1 aliphatic heterocycles. The van der Waals surface area contributed by atoms with Crippen molar-refractivity contribution in [2.45, 2.75) is 6.42 Å². The van der Waals surface area contributed by atoms with Crippen LogP contribution in [0.3, 0.4) is 0 Å². The SMILES string of the molecule is CNCC(=O)N(C)c1ccc2c(c1)N(C(=O)c1ccnn1S)CC2. The van der Waals surface area contributed by atoms with Gasteiger partial charge in [-0.05, 0) is 50.0 Å². The van der Waals surface area contributed by atoms with Gasteiger partial charge in [0.2, 0.25) is 5.91 Å². The van der Waals surface area contributed by atoms with E-state index >= 15 is 0 Å². The number of thiol groups is 1. The molecule has 0 spiro atoms. The van der Waals surface area contributed by atoms with Crippen molar-refractivity contribution >= 4 is 36.0 Å². The Morgan fingerprint density at radius 3 is 2.83 bits per heavy atom. The van der Waals surface area contributed by atoms with E-state index in [-0.39, 0.29) is 18.4 Å². The molecule has 1 N–H and O–H groups in total. The molecular weight excluding hydrogens is 326 g/mol. The van der Waals surface area contributed by atoms with E-state index in [2.05, 4.69) is 23.2 Å². The monoisotopic (exact) mass is 345 g/mol. The summed E-state index contributed by atoms with van der Waals surface area (Å²) in [5, 5.41) is 6.78. The van der Waals surface area contributed by atoms with Crippen LogP contribution in [0.15, 0.2) is 30.5 Å². The second-order valence-corrected chi connectivity index (χ2v) is 5.99. The molecule has 0 fully saturated rings. The van der Waals surface area contributed by atoms with Crippen LogP contribution in [0.25, 0.3) is 0 Å². The van der Waals surface area contributed by atoms with E-state index in [1.54, 1.807) is 30.0 Å². The highest BCUT2D eigenvalue weighted by molar-refractivity contribution is 7.78. The average molecular weight is 345 g/mol. The largest absolute Gasteiger partial charge is 0.314 e. The van der Waals surface area contributed by atoms with Crippen molar-refractivity contribution < 1.29 is 9.59 Å². The summed E-state index contributed by atoms with van der Waals surface area (Å²) in [7, 11) is 3.46. The van der Waals surface area contributed by atoms with Gasteiger partial charge in [-0.25, -0.2) is 4.09 Å². The van der Waals surface area contributed by atoms with Crippen molar-refractivity contribution in [1.29, 1.82) is 0 Å². The topological polar surface area (TPSA) is 70.5 Å². The zero-order valence-electron chi connectivity index (χ0n) is 13.6. The number of nitrogens with zero attached hydrogens (tertiary/aromatic N) is 4. The molecule has 126 valence electrons. The molecule has 0 bridgehead atoms. The fraction of sp³-hybridized carbons (Fsp3) is 0.312. The van der Waals surface area contributed by atoms with Crippen molar-refractivity contribution in [2.75, 3.05) is 37.0 Å². The van der Waals surface area contributed by atoms with Crippen LogP contribution in [0.4, 0.5) is 11.4 Å². The standard InChI is InChI=1S/C16H19N5O2S/c1-17-10-15(22)19(2)12-4-3-11-6-8-20(14(11)9-12)16(23)13-5-7-18-21(13)24/h3-5,7,9,17,24H,6,8,10H2,1-2H3. The predicted octanol–water partition coefficient (Wildman–Crippen LogP) is 0.961. The first kappa shape index (κ1) is 16.5. The van der Waals surface area contributed by atoms with Crippen LogP contribution in [0.2, 0.25) is 0 Å². The lowest BCUT2D eigenvalue weighted by atomic mass is 10.1. The molecule has 1 aromatic heterocycles. The summed E-state index contributed by atoms with van der Waals surface area (Å²) in [4.78, 5) is 28.1. The van der Waals surface area contributed by atoms with Crippen LogP contribution in [-0.4, -0.2) is 48.2 Å². The highest BCUT2D eigenvalue weighted by Crippen LogP contribution is 2.33. The van der Waals surface area contributed by atoms with E-state index in [1.165, 1.54) is 10.3 Å². The Hall–Kier alpha value is -2.32. The maximum atomic E-state index is 12.7. The van der Waals surface area contributed by atoms with Gasteiger partial charge in [-0.15, -0.1) is 0 Å². The minimum atomic E-state index is -0.150. The van der Waals surface area contributed by atoms with Gasteiger partial charge in [0.15, 0.2) is 0 Å². The third kappa shape index (κ3) is 2.90. The molecule has 0 atom stereocenters. The zero-order chi connectivity index (χ0) is 17.3. The first-order valence-electron chi connectivity index (χ1n) is 7.62. The number of rotatable bonds is 4. The molecule has 0 aliphatic carbocycles. The molecule has 3 rings (SSSR count). The summed E-state index contributed by atoms with van der Waals surface area (Å²) in [6.07, 6.45) is 2.33. The van der Waals surface area contributed by atoms with Gasteiger partial charge in [0.1, 0.15) is 5.69 Å². The molecule has 2 aromatic rings. The number of hydrogen-bond acceptors (Lipinski definition) is 5. The molecule has 24 heavy (non-hydrogen) atoms. The Morgan fingerprint density at radius 1 is 1.38 bits per heavy atom. The number of carbonyl (C=O) groups excluding carboxylic acids is 2. The summed E-state index contributed by atoms with van der Waals surface area (Å²) in [5.41, 5.74) is 3.09. The van der Waals surface area contributed by atoms with Gasteiger partial charge in [-0.3, -0.25) is 9.59 Å². The van der Waals surface area contributed by atoms with Gasteiger partial charge >= 0.3 is 0 Å². The average Bonchev–Trinajstić information content (AvgIpc) is 3.19. The third-order valence-corrected chi connectivity index (χ3v) is 4.46. The minimum absolute atomic E-state index is 0.0400. The van der Waals surface area contributed by atoms with Gasteiger partial charge < -0.3 is 15.1 Å². The quantitative estimate of drug-likeness (QED) is 0.810. The summed E-state index contributed by atoms with van der Waals surface area (Å²) in [6, 6.07) is 7.40. The second-order valence-electron chi connectivity index (χ2n) is 5.61. The van der Waals surface area contributed by atoms with Crippen LogP contribution in [-0.2, 0) is 11.2 Å². The fourth-order valence-corrected chi connectivity index (χ4v) is 3.00. The van der Waals surface area contributed by atoms with Gasteiger partial charge in [0, 0.05) is 25.0 Å². The van der Waals surface area contributed by atoms with Crippen LogP contribution in [0.5, 0.6) is 0 Å². The van der Waals surface area contributed by atoms with Crippen LogP contribution >= 0.6 is 12.8 Å². The lowest BCUT2D eigenvalue weighted by molar-refractivity contribution is -0.117. The Morgan fingerprint density at radius 2 is 2.17 bits per heavy atom. The fourth-order valence-electron chi connectivity index (χ4n) is 2.79. The number of likely N-dealkylation sites (N-methyl/N-ethyl adjacent to an activating group) is 2. The number of amides is 2. The van der Waals surface area contributed by atoms with Crippen LogP contribution in [0.1, 0.15) is 16.1 Å². The number of hydrogen-bond donors (Lipinski definition) is 2. The van der Waals surface area contributed by atoms with E-state index in [0.717, 1.165) is 23.4 Å². The molecule has 1 aliphatic rings. The van der Waals surface area contributed by atoms with Crippen molar-refractivity contribution in [3.05, 3.63) is 41.7 Å². The van der Waals surface area contributed by atoms with Gasteiger partial charge in [-0.1, -0.05) is 6.07 Å². The minimum Gasteiger partial charge on any atom is -0.314 e. The number of benzene rings is 1. The molecule has 8 heteroatoms. The first-order valence-corrected chi connectivity index (χ1v) is 8.02. The Balaban J connectivity index is 1.90. The molecule has 7 nitrogen and oxygen atoms in total. The summed E-state index contributed by atoms with van der Waals surface area (Å²) < 4.78 is 1.27. The van der Waals surface area contributed by atoms with E-state index in [9.17, 15) is 9.59 Å². The van der Waals surface area contributed by atoms with E-state index < -0.39 is 0 Å². The number of nitrogens with one attached hydrogen (secondary N) is 1. The molecular formula is C16H19N5O2S. The molecule has 0 unspecified atom stereocenters. The van der Waals surface area contributed by atoms with Crippen LogP contribution in [0, 0.1) is 0 Å². The maximum Gasteiger partial charge on any atom is 0.277 e. The van der Waals surface area contributed by atoms with Gasteiger partial charge in [-0.2, -0.15) is 5.10 Å². The highest BCUT2D eigenvalue weighted by Gasteiger charge is 2.28. The number of carbonyl (C=O) groups is 2. The van der Waals surface area contributed by atoms with Gasteiger partial charge in [0.25, 0.3) is 5.91 Å². The molecule has 0 radical (unpaired) electrons. The normalized spacial score (nSPS) is 13.0. The predicted molar refractivity (Wildman–Crippen MR) is 95.8 cm³/mol. The summed E-state index contributed by atoms with van der Waals surface area (Å²) in [6.45, 7) is 0.861. The molecule has 2 heterocycles. The van der Waals surface area contributed by atoms with Crippen LogP contribution < -0.4 is 15.1 Å². The van der Waals surface area contributed by atoms with Crippen molar-refractivity contribution in [2.24, 2.45) is 0 Å². The van der Waals surface area contributed by atoms with E-state index in [0.29, 0.717) is 12.2 Å². The van der Waals surface area contributed by atoms with E-state index in [1.807, 2.05) is 18.2 Å². The molecule has 0 saturated carbocycles. The second kappa shape index (κ2) is 6.66. The Kier molecular flexibility index (Phi) is 4.59. The zero-order valence-corrected chi connectivity index (χ0v) is 14.5. The molecule has 2 amide bonds. The van der Waals surface area contributed by atoms with Crippen molar-refractivity contribution in [1.82, 2.24) is 14.5 Å². The number of fused-ring (bicyclic) bond motifs is 1. The molecule has 0 saturated heterocycles. The highest BCUT2D eigenvalue weighted by atomic mass is 32.1. The summed E-state index contributed by atoms with van der Waals surface area (Å²) >= 11 is 4.15. The first-order chi connectivity index (χ1) is 11.5. The maximum absolute atomic E-state index is 12.7. The number of anilines is 2. The summed E-state index contributed by atoms with van der Waals surface area (Å²) in [5.74, 6) is -0.190. The number of aromatic nitrogens is 2. The Bertz CT molecular complexity index is 789. The molecule has 1 aromatic carbocycles. The third-order valence-electron chi connectivity index (χ3n) is 4.14.